The normalized spacial score (nSPS) is 17.3. The molecule has 1 aliphatic heterocycles. The van der Waals surface area contributed by atoms with Crippen molar-refractivity contribution in [2.45, 2.75) is 0 Å². The average Bonchev–Trinajstić information content (AvgIpc) is 2.43. The zero-order valence-corrected chi connectivity index (χ0v) is 11.2. The molecule has 0 saturated carbocycles. The molecule has 5 heteroatoms. The maximum atomic E-state index is 10.7. The van der Waals surface area contributed by atoms with E-state index in [2.05, 4.69) is 16.8 Å². The number of phenols is 1. The number of likely N-dealkylation sites (N-methyl/N-ethyl adjacent to an activating group) is 1. The van der Waals surface area contributed by atoms with E-state index in [-0.39, 0.29) is 11.3 Å². The Labute approximate surface area is 113 Å². The van der Waals surface area contributed by atoms with Gasteiger partial charge in [-0.3, -0.25) is 9.69 Å². The molecule has 1 saturated heterocycles. The van der Waals surface area contributed by atoms with Gasteiger partial charge in [0.15, 0.2) is 6.29 Å². The van der Waals surface area contributed by atoms with Gasteiger partial charge in [-0.2, -0.15) is 0 Å². The van der Waals surface area contributed by atoms with Crippen LogP contribution >= 0.6 is 0 Å². The SMILES string of the molecule is CN1CCN(CCOc2ccc(O)c(C=O)c2)CC1. The van der Waals surface area contributed by atoms with E-state index >= 15 is 0 Å². The van der Waals surface area contributed by atoms with E-state index in [1.807, 2.05) is 0 Å². The number of carbonyl (C=O) groups is 1. The molecule has 5 nitrogen and oxygen atoms in total. The molecule has 1 fully saturated rings. The summed E-state index contributed by atoms with van der Waals surface area (Å²) in [6.45, 7) is 5.78. The van der Waals surface area contributed by atoms with Gasteiger partial charge in [0.05, 0.1) is 5.56 Å². The van der Waals surface area contributed by atoms with E-state index < -0.39 is 0 Å². The summed E-state index contributed by atoms with van der Waals surface area (Å²) in [4.78, 5) is 15.4. The third kappa shape index (κ3) is 3.94. The van der Waals surface area contributed by atoms with E-state index in [0.717, 1.165) is 32.7 Å². The van der Waals surface area contributed by atoms with Gasteiger partial charge in [0.25, 0.3) is 0 Å². The van der Waals surface area contributed by atoms with Gasteiger partial charge in [-0.25, -0.2) is 0 Å². The minimum atomic E-state index is -0.0126. The third-order valence-corrected chi connectivity index (χ3v) is 3.40. The summed E-state index contributed by atoms with van der Waals surface area (Å²) >= 11 is 0. The second kappa shape index (κ2) is 6.54. The summed E-state index contributed by atoms with van der Waals surface area (Å²) in [6.07, 6.45) is 0.628. The van der Waals surface area contributed by atoms with Gasteiger partial charge in [-0.05, 0) is 25.2 Å². The summed E-state index contributed by atoms with van der Waals surface area (Å²) in [6, 6.07) is 4.72. The van der Waals surface area contributed by atoms with Crippen molar-refractivity contribution in [2.75, 3.05) is 46.4 Å². The second-order valence-corrected chi connectivity index (χ2v) is 4.83. The zero-order chi connectivity index (χ0) is 13.7. The first-order chi connectivity index (χ1) is 9.19. The van der Waals surface area contributed by atoms with Gasteiger partial charge in [0.1, 0.15) is 18.1 Å². The van der Waals surface area contributed by atoms with Crippen LogP contribution in [0.3, 0.4) is 0 Å². The Balaban J connectivity index is 1.78. The lowest BCUT2D eigenvalue weighted by molar-refractivity contribution is 0.112. The molecule has 1 aliphatic rings. The molecule has 0 spiro atoms. The van der Waals surface area contributed by atoms with Crippen molar-refractivity contribution < 1.29 is 14.6 Å². The maximum Gasteiger partial charge on any atom is 0.153 e. The summed E-state index contributed by atoms with van der Waals surface area (Å²) in [5.74, 6) is 0.607. The summed E-state index contributed by atoms with van der Waals surface area (Å²) < 4.78 is 5.61. The van der Waals surface area contributed by atoms with Crippen LogP contribution in [0.15, 0.2) is 18.2 Å². The Hall–Kier alpha value is -1.59. The predicted molar refractivity (Wildman–Crippen MR) is 72.9 cm³/mol. The van der Waals surface area contributed by atoms with Crippen molar-refractivity contribution >= 4 is 6.29 Å². The highest BCUT2D eigenvalue weighted by Crippen LogP contribution is 2.21. The van der Waals surface area contributed by atoms with Gasteiger partial charge in [0, 0.05) is 32.7 Å². The average molecular weight is 264 g/mol. The Morgan fingerprint density at radius 3 is 2.74 bits per heavy atom. The molecule has 19 heavy (non-hydrogen) atoms. The Kier molecular flexibility index (Phi) is 4.76. The fraction of sp³-hybridized carbons (Fsp3) is 0.500. The minimum absolute atomic E-state index is 0.0126. The predicted octanol–water partition coefficient (Wildman–Crippen LogP) is 0.831. The number of nitrogens with zero attached hydrogens (tertiary/aromatic N) is 2. The lowest BCUT2D eigenvalue weighted by Crippen LogP contribution is -2.45. The highest BCUT2D eigenvalue weighted by Gasteiger charge is 2.13. The van der Waals surface area contributed by atoms with Crippen LogP contribution in [0.4, 0.5) is 0 Å². The van der Waals surface area contributed by atoms with Crippen LogP contribution in [-0.2, 0) is 0 Å². The van der Waals surface area contributed by atoms with Crippen molar-refractivity contribution in [3.63, 3.8) is 0 Å². The summed E-state index contributed by atoms with van der Waals surface area (Å²) in [7, 11) is 2.13. The standard InChI is InChI=1S/C14H20N2O3/c1-15-4-6-16(7-5-15)8-9-19-13-2-3-14(18)12(10-13)11-17/h2-3,10-11,18H,4-9H2,1H3. The summed E-state index contributed by atoms with van der Waals surface area (Å²) in [5.41, 5.74) is 0.261. The number of carbonyl (C=O) groups excluding carboxylic acids is 1. The van der Waals surface area contributed by atoms with Crippen LogP contribution in [0, 0.1) is 0 Å². The first kappa shape index (κ1) is 13.8. The topological polar surface area (TPSA) is 53.0 Å². The largest absolute Gasteiger partial charge is 0.507 e. The second-order valence-electron chi connectivity index (χ2n) is 4.83. The van der Waals surface area contributed by atoms with Crippen molar-refractivity contribution in [1.29, 1.82) is 0 Å². The number of rotatable bonds is 5. The molecule has 0 radical (unpaired) electrons. The fourth-order valence-electron chi connectivity index (χ4n) is 2.08. The molecule has 1 N–H and O–H groups in total. The van der Waals surface area contributed by atoms with Crippen molar-refractivity contribution in [1.82, 2.24) is 9.80 Å². The summed E-state index contributed by atoms with van der Waals surface area (Å²) in [5, 5.41) is 9.39. The molecule has 104 valence electrons. The molecular formula is C14H20N2O3. The molecule has 0 bridgehead atoms. The maximum absolute atomic E-state index is 10.7. The van der Waals surface area contributed by atoms with E-state index in [0.29, 0.717) is 18.6 Å². The van der Waals surface area contributed by atoms with Crippen molar-refractivity contribution in [3.8, 4) is 11.5 Å². The first-order valence-electron chi connectivity index (χ1n) is 6.51. The number of benzene rings is 1. The number of aldehydes is 1. The monoisotopic (exact) mass is 264 g/mol. The lowest BCUT2D eigenvalue weighted by Gasteiger charge is -2.32. The van der Waals surface area contributed by atoms with Gasteiger partial charge in [0.2, 0.25) is 0 Å². The molecule has 2 rings (SSSR count). The van der Waals surface area contributed by atoms with E-state index in [9.17, 15) is 9.90 Å². The van der Waals surface area contributed by atoms with Crippen LogP contribution in [0.2, 0.25) is 0 Å². The van der Waals surface area contributed by atoms with Crippen LogP contribution in [0.1, 0.15) is 10.4 Å². The molecule has 0 aliphatic carbocycles. The van der Waals surface area contributed by atoms with Gasteiger partial charge < -0.3 is 14.7 Å². The quantitative estimate of drug-likeness (QED) is 0.798. The smallest absolute Gasteiger partial charge is 0.153 e. The van der Waals surface area contributed by atoms with Crippen LogP contribution in [-0.4, -0.2) is 67.6 Å². The Morgan fingerprint density at radius 1 is 1.32 bits per heavy atom. The number of piperazine rings is 1. The number of phenolic OH excluding ortho intramolecular Hbond substituents is 1. The minimum Gasteiger partial charge on any atom is -0.507 e. The highest BCUT2D eigenvalue weighted by atomic mass is 16.5. The van der Waals surface area contributed by atoms with Crippen LogP contribution in [0.5, 0.6) is 11.5 Å². The third-order valence-electron chi connectivity index (χ3n) is 3.40. The van der Waals surface area contributed by atoms with E-state index in [4.69, 9.17) is 4.74 Å². The number of ether oxygens (including phenoxy) is 1. The van der Waals surface area contributed by atoms with Gasteiger partial charge in [-0.15, -0.1) is 0 Å². The lowest BCUT2D eigenvalue weighted by atomic mass is 10.2. The number of aromatic hydroxyl groups is 1. The van der Waals surface area contributed by atoms with Crippen LogP contribution < -0.4 is 4.74 Å². The number of hydrogen-bond donors (Lipinski definition) is 1. The molecule has 1 aromatic carbocycles. The molecule has 1 heterocycles. The van der Waals surface area contributed by atoms with E-state index in [1.165, 1.54) is 6.07 Å². The molecule has 0 aromatic heterocycles. The first-order valence-corrected chi connectivity index (χ1v) is 6.51. The molecule has 0 unspecified atom stereocenters. The van der Waals surface area contributed by atoms with Crippen molar-refractivity contribution in [3.05, 3.63) is 23.8 Å². The zero-order valence-electron chi connectivity index (χ0n) is 11.2. The van der Waals surface area contributed by atoms with E-state index in [1.54, 1.807) is 12.1 Å². The van der Waals surface area contributed by atoms with Crippen LogP contribution in [0.25, 0.3) is 0 Å². The Morgan fingerprint density at radius 2 is 2.05 bits per heavy atom. The van der Waals surface area contributed by atoms with Gasteiger partial charge >= 0.3 is 0 Å². The van der Waals surface area contributed by atoms with Gasteiger partial charge in [-0.1, -0.05) is 0 Å². The molecular weight excluding hydrogens is 244 g/mol. The molecule has 0 amide bonds. The number of hydrogen-bond acceptors (Lipinski definition) is 5. The Bertz CT molecular complexity index is 429. The van der Waals surface area contributed by atoms with Crippen molar-refractivity contribution in [2.24, 2.45) is 0 Å². The molecule has 0 atom stereocenters. The molecule has 1 aromatic rings. The highest BCUT2D eigenvalue weighted by molar-refractivity contribution is 5.79. The fourth-order valence-corrected chi connectivity index (χ4v) is 2.08.